The second-order valence-corrected chi connectivity index (χ2v) is 12.7. The minimum atomic E-state index is -0.888. The molecule has 0 amide bonds. The van der Waals surface area contributed by atoms with E-state index in [1.165, 1.54) is 0 Å². The molecule has 12 atom stereocenters. The van der Waals surface area contributed by atoms with Gasteiger partial charge < -0.3 is 41.0 Å². The molecule has 0 radical (unpaired) electrons. The Hall–Kier alpha value is -0.650. The monoisotopic (exact) mass is 540 g/mol. The molecule has 2 saturated heterocycles. The minimum Gasteiger partial charge on any atom is -0.392 e. The quantitative estimate of drug-likeness (QED) is 0.229. The Morgan fingerprint density at radius 2 is 1.87 bits per heavy atom. The van der Waals surface area contributed by atoms with E-state index in [-0.39, 0.29) is 24.0 Å². The predicted molar refractivity (Wildman–Crippen MR) is 143 cm³/mol. The molecule has 4 rings (SSSR count). The van der Waals surface area contributed by atoms with Crippen molar-refractivity contribution in [1.29, 1.82) is 0 Å². The Balaban J connectivity index is 1.35. The number of hydrogen-bond donors (Lipinski definition) is 6. The molecule has 0 aromatic heterocycles. The molecule has 10 unspecified atom stereocenters. The van der Waals surface area contributed by atoms with Gasteiger partial charge in [0.2, 0.25) is 0 Å². The minimum absolute atomic E-state index is 0.0697. The van der Waals surface area contributed by atoms with Crippen molar-refractivity contribution in [3.63, 3.8) is 0 Å². The summed E-state index contributed by atoms with van der Waals surface area (Å²) in [5.74, 6) is 0.817. The van der Waals surface area contributed by atoms with Gasteiger partial charge in [-0.25, -0.2) is 0 Å². The maximum atomic E-state index is 13.6. The van der Waals surface area contributed by atoms with Crippen LogP contribution < -0.4 is 11.1 Å². The van der Waals surface area contributed by atoms with Gasteiger partial charge in [0, 0.05) is 26.1 Å². The summed E-state index contributed by atoms with van der Waals surface area (Å²) in [6, 6.07) is 0. The third-order valence-corrected chi connectivity index (χ3v) is 10.1. The lowest BCUT2D eigenvalue weighted by Gasteiger charge is -2.44. The van der Waals surface area contributed by atoms with Crippen molar-refractivity contribution in [3.05, 3.63) is 0 Å². The fourth-order valence-electron chi connectivity index (χ4n) is 7.84. The summed E-state index contributed by atoms with van der Waals surface area (Å²) in [5, 5.41) is 45.5. The van der Waals surface area contributed by atoms with Crippen LogP contribution in [-0.2, 0) is 14.3 Å². The summed E-state index contributed by atoms with van der Waals surface area (Å²) in [6.07, 6.45) is 6.25. The van der Waals surface area contributed by atoms with Crippen LogP contribution in [0.5, 0.6) is 0 Å². The number of carbonyl (C=O) groups is 1. The molecule has 0 spiro atoms. The summed E-state index contributed by atoms with van der Waals surface area (Å²) >= 11 is 0. The summed E-state index contributed by atoms with van der Waals surface area (Å²) in [7, 11) is 1.54. The third-order valence-electron chi connectivity index (χ3n) is 10.1. The van der Waals surface area contributed by atoms with Gasteiger partial charge in [0.25, 0.3) is 0 Å². The molecule has 0 bridgehead atoms. The van der Waals surface area contributed by atoms with E-state index in [4.69, 9.17) is 15.2 Å². The van der Waals surface area contributed by atoms with Crippen molar-refractivity contribution in [2.45, 2.75) is 126 Å². The number of ketones is 1. The van der Waals surface area contributed by atoms with Crippen LogP contribution in [0.25, 0.3) is 0 Å². The number of carbonyl (C=O) groups excluding carboxylic acids is 1. The summed E-state index contributed by atoms with van der Waals surface area (Å²) in [6.45, 7) is 1.54. The van der Waals surface area contributed by atoms with E-state index in [9.17, 15) is 25.2 Å². The van der Waals surface area contributed by atoms with Gasteiger partial charge in [0.1, 0.15) is 11.9 Å². The first-order chi connectivity index (χ1) is 18.3. The van der Waals surface area contributed by atoms with Crippen molar-refractivity contribution in [2.75, 3.05) is 20.3 Å². The van der Waals surface area contributed by atoms with Gasteiger partial charge in [0.05, 0.1) is 36.7 Å². The molecule has 4 fully saturated rings. The average Bonchev–Trinajstić information content (AvgIpc) is 2.91. The molecule has 2 aliphatic heterocycles. The van der Waals surface area contributed by atoms with Gasteiger partial charge in [-0.1, -0.05) is 0 Å². The number of rotatable bonds is 11. The number of Topliss-reactive ketones (excluding diaryl/α,β-unsaturated/α-hetero) is 1. The highest BCUT2D eigenvalue weighted by Crippen LogP contribution is 2.41. The fraction of sp³-hybridized carbons (Fsp3) is 0.966. The normalized spacial score (nSPS) is 41.7. The first-order valence-electron chi connectivity index (χ1n) is 15.1. The highest BCUT2D eigenvalue weighted by Gasteiger charge is 2.42. The molecular formula is C29H52N2O7. The average molecular weight is 541 g/mol. The molecule has 0 aromatic rings. The van der Waals surface area contributed by atoms with Crippen LogP contribution in [-0.4, -0.2) is 89.3 Å². The molecular weight excluding hydrogens is 488 g/mol. The molecule has 9 heteroatoms. The Bertz CT molecular complexity index is 742. The van der Waals surface area contributed by atoms with E-state index in [0.717, 1.165) is 51.5 Å². The first-order valence-corrected chi connectivity index (χ1v) is 15.1. The first kappa shape index (κ1) is 30.3. The lowest BCUT2D eigenvalue weighted by atomic mass is 9.70. The molecule has 38 heavy (non-hydrogen) atoms. The Labute approximate surface area is 227 Å². The maximum Gasteiger partial charge on any atom is 0.138 e. The Morgan fingerprint density at radius 3 is 2.63 bits per heavy atom. The molecule has 2 heterocycles. The van der Waals surface area contributed by atoms with E-state index in [1.807, 2.05) is 0 Å². The van der Waals surface area contributed by atoms with E-state index in [1.54, 1.807) is 7.11 Å². The zero-order valence-electron chi connectivity index (χ0n) is 23.1. The molecule has 2 saturated carbocycles. The zero-order valence-corrected chi connectivity index (χ0v) is 23.1. The molecule has 220 valence electrons. The highest BCUT2D eigenvalue weighted by atomic mass is 16.5. The number of fused-ring (bicyclic) bond motifs is 1. The number of nitrogens with one attached hydrogen (secondary N) is 1. The van der Waals surface area contributed by atoms with Gasteiger partial charge in [-0.2, -0.15) is 0 Å². The van der Waals surface area contributed by atoms with E-state index in [0.29, 0.717) is 62.9 Å². The molecule has 9 nitrogen and oxygen atoms in total. The lowest BCUT2D eigenvalue weighted by molar-refractivity contribution is -0.136. The van der Waals surface area contributed by atoms with Gasteiger partial charge >= 0.3 is 0 Å². The number of nitrogens with two attached hydrogens (primary N) is 1. The number of aliphatic hydroxyl groups excluding tert-OH is 4. The molecule has 4 aliphatic rings. The second-order valence-electron chi connectivity index (χ2n) is 12.7. The van der Waals surface area contributed by atoms with Crippen LogP contribution in [0.15, 0.2) is 0 Å². The third kappa shape index (κ3) is 7.75. The zero-order chi connectivity index (χ0) is 27.2. The lowest BCUT2D eigenvalue weighted by Crippen LogP contribution is -2.47. The van der Waals surface area contributed by atoms with Crippen molar-refractivity contribution in [3.8, 4) is 0 Å². The summed E-state index contributed by atoms with van der Waals surface area (Å²) < 4.78 is 11.3. The smallest absolute Gasteiger partial charge is 0.138 e. The van der Waals surface area contributed by atoms with Crippen LogP contribution in [0.3, 0.4) is 0 Å². The van der Waals surface area contributed by atoms with Gasteiger partial charge in [0.15, 0.2) is 0 Å². The van der Waals surface area contributed by atoms with Crippen LogP contribution in [0.2, 0.25) is 0 Å². The maximum absolute atomic E-state index is 13.6. The Morgan fingerprint density at radius 1 is 1.05 bits per heavy atom. The molecule has 0 aromatic carbocycles. The number of hydrogen-bond acceptors (Lipinski definition) is 9. The Kier molecular flexibility index (Phi) is 11.4. The molecule has 2 aliphatic carbocycles. The van der Waals surface area contributed by atoms with Gasteiger partial charge in [-0.3, -0.25) is 4.79 Å². The summed E-state index contributed by atoms with van der Waals surface area (Å²) in [5.41, 5.74) is 6.14. The standard InChI is InChI=1S/C29H52N2O7/c1-37-26-15-17(14-25(35)28(26)36)4-7-22(32)21(13-18-10-11-31-27(30)16-18)23(33)8-5-19-6-9-24(34)29-20(19)3-2-12-38-29/h17-21,23-29,31,33-36H,2-16,30H2,1H3/t17?,18?,19?,20?,21-,23+,24?,25?,26?,27?,28?,29?/m0/s1. The van der Waals surface area contributed by atoms with E-state index >= 15 is 0 Å². The number of aliphatic hydroxyl groups is 4. The van der Waals surface area contributed by atoms with Gasteiger partial charge in [-0.05, 0) is 107 Å². The van der Waals surface area contributed by atoms with E-state index < -0.39 is 36.4 Å². The fourth-order valence-corrected chi connectivity index (χ4v) is 7.84. The van der Waals surface area contributed by atoms with Crippen molar-refractivity contribution in [1.82, 2.24) is 5.32 Å². The summed E-state index contributed by atoms with van der Waals surface area (Å²) in [4.78, 5) is 13.6. The number of ether oxygens (including phenoxy) is 2. The topological polar surface area (TPSA) is 154 Å². The van der Waals surface area contributed by atoms with Crippen LogP contribution in [0.4, 0.5) is 0 Å². The van der Waals surface area contributed by atoms with Crippen molar-refractivity contribution in [2.24, 2.45) is 35.3 Å². The van der Waals surface area contributed by atoms with E-state index in [2.05, 4.69) is 5.32 Å². The van der Waals surface area contributed by atoms with Crippen molar-refractivity contribution < 1.29 is 34.7 Å². The number of methoxy groups -OCH3 is 1. The van der Waals surface area contributed by atoms with Crippen LogP contribution in [0.1, 0.15) is 83.5 Å². The van der Waals surface area contributed by atoms with Crippen LogP contribution >= 0.6 is 0 Å². The largest absolute Gasteiger partial charge is 0.392 e. The predicted octanol–water partition coefficient (Wildman–Crippen LogP) is 1.48. The molecule has 7 N–H and O–H groups in total. The number of piperidine rings is 1. The second kappa shape index (κ2) is 14.3. The highest BCUT2D eigenvalue weighted by molar-refractivity contribution is 5.81. The van der Waals surface area contributed by atoms with Gasteiger partial charge in [-0.15, -0.1) is 0 Å². The van der Waals surface area contributed by atoms with Crippen LogP contribution in [0, 0.1) is 29.6 Å². The SMILES string of the molecule is COC1CC(CCC(=O)[C@H](CC2CCNC(N)C2)[C@H](O)CCC2CCC(O)C3OCCCC23)CC(O)C1O. The van der Waals surface area contributed by atoms with Crippen molar-refractivity contribution >= 4 is 5.78 Å².